The molecule has 1 heterocycles. The Morgan fingerprint density at radius 1 is 1.40 bits per heavy atom. The molecule has 1 fully saturated rings. The Morgan fingerprint density at radius 3 is 3.00 bits per heavy atom. The minimum atomic E-state index is 0.328. The molecule has 0 aromatic heterocycles. The van der Waals surface area contributed by atoms with Crippen molar-refractivity contribution in [1.29, 1.82) is 0 Å². The van der Waals surface area contributed by atoms with E-state index in [1.54, 1.807) is 5.57 Å². The highest BCUT2D eigenvalue weighted by Gasteiger charge is 2.22. The van der Waals surface area contributed by atoms with Gasteiger partial charge in [-0.1, -0.05) is 11.6 Å². The van der Waals surface area contributed by atoms with E-state index in [-0.39, 0.29) is 0 Å². The highest BCUT2D eigenvalue weighted by atomic mass is 16.5. The van der Waals surface area contributed by atoms with Crippen LogP contribution in [0.5, 0.6) is 0 Å². The SMILES string of the molecule is NC(CC1=CCCCC1)C1CCCOC1. The quantitative estimate of drug-likeness (QED) is 0.725. The van der Waals surface area contributed by atoms with Gasteiger partial charge < -0.3 is 10.5 Å². The molecule has 2 atom stereocenters. The molecule has 2 unspecified atom stereocenters. The summed E-state index contributed by atoms with van der Waals surface area (Å²) in [7, 11) is 0. The van der Waals surface area contributed by atoms with Crippen molar-refractivity contribution in [3.05, 3.63) is 11.6 Å². The maximum atomic E-state index is 6.26. The average molecular weight is 209 g/mol. The van der Waals surface area contributed by atoms with Gasteiger partial charge in [0.15, 0.2) is 0 Å². The van der Waals surface area contributed by atoms with Gasteiger partial charge in [-0.25, -0.2) is 0 Å². The fourth-order valence-electron chi connectivity index (χ4n) is 2.66. The summed E-state index contributed by atoms with van der Waals surface area (Å²) in [6.45, 7) is 1.82. The second-order valence-electron chi connectivity index (χ2n) is 4.95. The summed E-state index contributed by atoms with van der Waals surface area (Å²) in [5.74, 6) is 0.599. The zero-order valence-corrected chi connectivity index (χ0v) is 9.58. The van der Waals surface area contributed by atoms with Crippen LogP contribution in [0, 0.1) is 5.92 Å². The van der Waals surface area contributed by atoms with Gasteiger partial charge in [0.2, 0.25) is 0 Å². The molecule has 2 rings (SSSR count). The number of ether oxygens (including phenoxy) is 1. The fourth-order valence-corrected chi connectivity index (χ4v) is 2.66. The predicted octanol–water partition coefficient (Wildman–Crippen LogP) is 2.63. The Kier molecular flexibility index (Phi) is 4.21. The average Bonchev–Trinajstić information content (AvgIpc) is 2.31. The van der Waals surface area contributed by atoms with E-state index in [1.807, 2.05) is 0 Å². The first kappa shape index (κ1) is 11.2. The summed E-state index contributed by atoms with van der Waals surface area (Å²) in [4.78, 5) is 0. The van der Waals surface area contributed by atoms with Crippen LogP contribution in [-0.2, 0) is 4.74 Å². The Labute approximate surface area is 92.9 Å². The Bertz CT molecular complexity index is 219. The van der Waals surface area contributed by atoms with Gasteiger partial charge in [0, 0.05) is 12.6 Å². The van der Waals surface area contributed by atoms with E-state index in [0.29, 0.717) is 12.0 Å². The lowest BCUT2D eigenvalue weighted by Crippen LogP contribution is -2.36. The van der Waals surface area contributed by atoms with Crippen molar-refractivity contribution in [2.45, 2.75) is 51.0 Å². The van der Waals surface area contributed by atoms with Crippen LogP contribution in [0.3, 0.4) is 0 Å². The van der Waals surface area contributed by atoms with E-state index in [1.165, 1.54) is 38.5 Å². The van der Waals surface area contributed by atoms with Crippen molar-refractivity contribution in [2.75, 3.05) is 13.2 Å². The Morgan fingerprint density at radius 2 is 2.33 bits per heavy atom. The summed E-state index contributed by atoms with van der Waals surface area (Å²) in [5, 5.41) is 0. The molecule has 0 aromatic carbocycles. The Hall–Kier alpha value is -0.340. The topological polar surface area (TPSA) is 35.2 Å². The van der Waals surface area contributed by atoms with Crippen molar-refractivity contribution in [1.82, 2.24) is 0 Å². The standard InChI is InChI=1S/C13H23NO/c14-13(12-7-4-8-15-10-12)9-11-5-2-1-3-6-11/h5,12-13H,1-4,6-10,14H2. The van der Waals surface area contributed by atoms with Crippen LogP contribution >= 0.6 is 0 Å². The van der Waals surface area contributed by atoms with Gasteiger partial charge in [-0.05, 0) is 50.9 Å². The highest BCUT2D eigenvalue weighted by Crippen LogP contribution is 2.25. The van der Waals surface area contributed by atoms with Crippen LogP contribution < -0.4 is 5.73 Å². The molecule has 1 aliphatic heterocycles. The third-order valence-electron chi connectivity index (χ3n) is 3.68. The van der Waals surface area contributed by atoms with E-state index in [4.69, 9.17) is 10.5 Å². The number of rotatable bonds is 3. The minimum Gasteiger partial charge on any atom is -0.381 e. The lowest BCUT2D eigenvalue weighted by molar-refractivity contribution is 0.0448. The molecule has 1 aliphatic carbocycles. The molecule has 2 nitrogen and oxygen atoms in total. The van der Waals surface area contributed by atoms with E-state index < -0.39 is 0 Å². The number of hydrogen-bond acceptors (Lipinski definition) is 2. The summed E-state index contributed by atoms with van der Waals surface area (Å²) in [6, 6.07) is 0.328. The predicted molar refractivity (Wildman–Crippen MR) is 62.7 cm³/mol. The van der Waals surface area contributed by atoms with E-state index in [0.717, 1.165) is 19.6 Å². The van der Waals surface area contributed by atoms with Gasteiger partial charge in [0.25, 0.3) is 0 Å². The molecule has 0 radical (unpaired) electrons. The molecule has 0 amide bonds. The lowest BCUT2D eigenvalue weighted by Gasteiger charge is -2.28. The van der Waals surface area contributed by atoms with E-state index >= 15 is 0 Å². The first-order valence-corrected chi connectivity index (χ1v) is 6.37. The van der Waals surface area contributed by atoms with Crippen LogP contribution in [0.25, 0.3) is 0 Å². The first-order chi connectivity index (χ1) is 7.36. The summed E-state index contributed by atoms with van der Waals surface area (Å²) < 4.78 is 5.49. The van der Waals surface area contributed by atoms with Crippen molar-refractivity contribution < 1.29 is 4.74 Å². The summed E-state index contributed by atoms with van der Waals surface area (Å²) >= 11 is 0. The molecular weight excluding hydrogens is 186 g/mol. The van der Waals surface area contributed by atoms with Crippen LogP contribution in [0.15, 0.2) is 11.6 Å². The molecule has 15 heavy (non-hydrogen) atoms. The molecule has 0 aromatic rings. The molecule has 2 aliphatic rings. The highest BCUT2D eigenvalue weighted by molar-refractivity contribution is 5.07. The number of hydrogen-bond donors (Lipinski definition) is 1. The largest absolute Gasteiger partial charge is 0.381 e. The number of allylic oxidation sites excluding steroid dienone is 1. The molecule has 86 valence electrons. The second kappa shape index (κ2) is 5.66. The van der Waals surface area contributed by atoms with Crippen molar-refractivity contribution in [3.8, 4) is 0 Å². The third-order valence-corrected chi connectivity index (χ3v) is 3.68. The minimum absolute atomic E-state index is 0.328. The monoisotopic (exact) mass is 209 g/mol. The van der Waals surface area contributed by atoms with Crippen LogP contribution in [0.1, 0.15) is 44.9 Å². The second-order valence-corrected chi connectivity index (χ2v) is 4.95. The molecule has 2 N–H and O–H groups in total. The lowest BCUT2D eigenvalue weighted by atomic mass is 9.87. The maximum absolute atomic E-state index is 6.26. The van der Waals surface area contributed by atoms with Crippen LogP contribution in [0.4, 0.5) is 0 Å². The molecule has 0 spiro atoms. The van der Waals surface area contributed by atoms with Gasteiger partial charge in [0.1, 0.15) is 0 Å². The van der Waals surface area contributed by atoms with Crippen molar-refractivity contribution in [2.24, 2.45) is 11.7 Å². The summed E-state index contributed by atoms with van der Waals surface area (Å²) in [6.07, 6.45) is 11.2. The zero-order chi connectivity index (χ0) is 10.5. The van der Waals surface area contributed by atoms with Crippen molar-refractivity contribution in [3.63, 3.8) is 0 Å². The molecule has 0 bridgehead atoms. The van der Waals surface area contributed by atoms with Gasteiger partial charge in [-0.2, -0.15) is 0 Å². The van der Waals surface area contributed by atoms with Crippen LogP contribution in [-0.4, -0.2) is 19.3 Å². The number of nitrogens with two attached hydrogens (primary N) is 1. The van der Waals surface area contributed by atoms with Crippen molar-refractivity contribution >= 4 is 0 Å². The zero-order valence-electron chi connectivity index (χ0n) is 9.58. The van der Waals surface area contributed by atoms with E-state index in [2.05, 4.69) is 6.08 Å². The van der Waals surface area contributed by atoms with Gasteiger partial charge in [-0.15, -0.1) is 0 Å². The first-order valence-electron chi connectivity index (χ1n) is 6.37. The smallest absolute Gasteiger partial charge is 0.0509 e. The van der Waals surface area contributed by atoms with E-state index in [9.17, 15) is 0 Å². The maximum Gasteiger partial charge on any atom is 0.0509 e. The van der Waals surface area contributed by atoms with Gasteiger partial charge >= 0.3 is 0 Å². The van der Waals surface area contributed by atoms with Gasteiger partial charge in [0.05, 0.1) is 6.61 Å². The molecule has 0 saturated carbocycles. The van der Waals surface area contributed by atoms with Gasteiger partial charge in [-0.3, -0.25) is 0 Å². The molecule has 1 saturated heterocycles. The fraction of sp³-hybridized carbons (Fsp3) is 0.846. The Balaban J connectivity index is 1.79. The van der Waals surface area contributed by atoms with Crippen LogP contribution in [0.2, 0.25) is 0 Å². The normalized spacial score (nSPS) is 29.7. The molecular formula is C13H23NO. The summed E-state index contributed by atoms with van der Waals surface area (Å²) in [5.41, 5.74) is 7.86. The third kappa shape index (κ3) is 3.32. The molecule has 2 heteroatoms.